The summed E-state index contributed by atoms with van der Waals surface area (Å²) < 4.78 is 0.0710. The maximum Gasteiger partial charge on any atom is 0.230 e. The maximum atomic E-state index is 6.14. The zero-order valence-corrected chi connectivity index (χ0v) is 14.0. The van der Waals surface area contributed by atoms with E-state index in [0.29, 0.717) is 11.6 Å². The number of fused-ring (bicyclic) bond motifs is 3. The lowest BCUT2D eigenvalue weighted by Crippen LogP contribution is -2.34. The van der Waals surface area contributed by atoms with Crippen LogP contribution in [0.3, 0.4) is 0 Å². The van der Waals surface area contributed by atoms with Crippen LogP contribution in [0.5, 0.6) is 0 Å². The van der Waals surface area contributed by atoms with Crippen LogP contribution in [0.1, 0.15) is 6.17 Å². The Morgan fingerprint density at radius 3 is 2.39 bits per heavy atom. The Kier molecular flexibility index (Phi) is 3.48. The molecular weight excluding hydrogens is 355 g/mol. The van der Waals surface area contributed by atoms with Crippen molar-refractivity contribution < 1.29 is 0 Å². The first-order chi connectivity index (χ1) is 11.0. The maximum absolute atomic E-state index is 6.14. The molecule has 1 aromatic heterocycles. The van der Waals surface area contributed by atoms with E-state index in [2.05, 4.69) is 15.4 Å². The van der Waals surface area contributed by atoms with Crippen molar-refractivity contribution in [1.29, 1.82) is 0 Å². The lowest BCUT2D eigenvalue weighted by molar-refractivity contribution is 0.510. The van der Waals surface area contributed by atoms with Crippen LogP contribution in [0, 0.1) is 0 Å². The van der Waals surface area contributed by atoms with Gasteiger partial charge in [-0.15, -0.1) is 5.10 Å². The number of nitrogens with zero attached hydrogens (tertiary/aromatic N) is 3. The summed E-state index contributed by atoms with van der Waals surface area (Å²) in [6, 6.07) is 17.5. The zero-order chi connectivity index (χ0) is 16.0. The molecule has 0 saturated heterocycles. The van der Waals surface area contributed by atoms with Crippen LogP contribution in [-0.2, 0) is 0 Å². The Balaban J connectivity index is 1.92. The molecule has 116 valence electrons. The average molecular weight is 366 g/mol. The van der Waals surface area contributed by atoms with Gasteiger partial charge in [0.1, 0.15) is 0 Å². The van der Waals surface area contributed by atoms with Gasteiger partial charge in [-0.3, -0.25) is 0 Å². The molecule has 0 fully saturated rings. The van der Waals surface area contributed by atoms with Gasteiger partial charge >= 0.3 is 0 Å². The van der Waals surface area contributed by atoms with E-state index in [-0.39, 0.29) is 0 Å². The lowest BCUT2D eigenvalue weighted by Gasteiger charge is -2.32. The molecule has 0 unspecified atom stereocenters. The Bertz CT molecular complexity index is 855. The number of nitrogens with one attached hydrogen (secondary N) is 1. The van der Waals surface area contributed by atoms with Gasteiger partial charge in [0, 0.05) is 16.8 Å². The second-order valence-electron chi connectivity index (χ2n) is 5.20. The minimum atomic E-state index is -1.57. The summed E-state index contributed by atoms with van der Waals surface area (Å²) in [7, 11) is 0. The highest BCUT2D eigenvalue weighted by molar-refractivity contribution is 6.68. The van der Waals surface area contributed by atoms with Crippen LogP contribution in [0.4, 0.5) is 5.69 Å². The molecule has 7 heteroatoms. The van der Waals surface area contributed by atoms with Crippen LogP contribution in [0.15, 0.2) is 54.6 Å². The number of hydrogen-bond acceptors (Lipinski definition) is 3. The highest BCUT2D eigenvalue weighted by Crippen LogP contribution is 2.45. The van der Waals surface area contributed by atoms with Crippen molar-refractivity contribution in [3.63, 3.8) is 0 Å². The SMILES string of the molecule is ClC(Cl)(Cl)[C@H]1Nc2ccccc2-c2nc(-c3ccccc3)nn21. The fourth-order valence-corrected chi connectivity index (χ4v) is 3.07. The smallest absolute Gasteiger partial charge is 0.230 e. The average Bonchev–Trinajstić information content (AvgIpc) is 2.99. The van der Waals surface area contributed by atoms with E-state index in [4.69, 9.17) is 34.8 Å². The van der Waals surface area contributed by atoms with Gasteiger partial charge in [0.05, 0.1) is 0 Å². The Hall–Kier alpha value is -1.75. The van der Waals surface area contributed by atoms with E-state index in [1.807, 2.05) is 54.6 Å². The summed E-state index contributed by atoms with van der Waals surface area (Å²) in [5.41, 5.74) is 2.70. The monoisotopic (exact) mass is 364 g/mol. The quantitative estimate of drug-likeness (QED) is 0.623. The minimum Gasteiger partial charge on any atom is -0.360 e. The first-order valence-electron chi connectivity index (χ1n) is 6.98. The number of benzene rings is 2. The summed E-state index contributed by atoms with van der Waals surface area (Å²) in [5.74, 6) is 1.27. The first kappa shape index (κ1) is 14.8. The van der Waals surface area contributed by atoms with Gasteiger partial charge < -0.3 is 5.32 Å². The number of alkyl halides is 3. The largest absolute Gasteiger partial charge is 0.360 e. The van der Waals surface area contributed by atoms with Crippen LogP contribution >= 0.6 is 34.8 Å². The van der Waals surface area contributed by atoms with E-state index >= 15 is 0 Å². The van der Waals surface area contributed by atoms with E-state index in [9.17, 15) is 0 Å². The third-order valence-corrected chi connectivity index (χ3v) is 4.30. The van der Waals surface area contributed by atoms with E-state index in [0.717, 1.165) is 16.8 Å². The lowest BCUT2D eigenvalue weighted by atomic mass is 10.1. The van der Waals surface area contributed by atoms with Crippen LogP contribution < -0.4 is 5.32 Å². The summed E-state index contributed by atoms with van der Waals surface area (Å²) in [5, 5.41) is 7.78. The molecule has 1 atom stereocenters. The van der Waals surface area contributed by atoms with Gasteiger partial charge in [0.25, 0.3) is 0 Å². The number of para-hydroxylation sites is 1. The number of hydrogen-bond donors (Lipinski definition) is 1. The van der Waals surface area contributed by atoms with Gasteiger partial charge in [0.15, 0.2) is 17.8 Å². The number of halogens is 3. The predicted octanol–water partition coefficient (Wildman–Crippen LogP) is 4.91. The Morgan fingerprint density at radius 1 is 0.957 bits per heavy atom. The van der Waals surface area contributed by atoms with Crippen LogP contribution in [0.2, 0.25) is 0 Å². The van der Waals surface area contributed by atoms with E-state index in [1.165, 1.54) is 0 Å². The van der Waals surface area contributed by atoms with E-state index < -0.39 is 9.96 Å². The van der Waals surface area contributed by atoms with Gasteiger partial charge in [-0.2, -0.15) is 0 Å². The first-order valence-corrected chi connectivity index (χ1v) is 8.12. The second kappa shape index (κ2) is 5.41. The molecular formula is C16H11Cl3N4. The zero-order valence-electron chi connectivity index (χ0n) is 11.7. The molecule has 4 nitrogen and oxygen atoms in total. The molecule has 0 aliphatic carbocycles. The van der Waals surface area contributed by atoms with Crippen molar-refractivity contribution in [2.75, 3.05) is 5.32 Å². The summed E-state index contributed by atoms with van der Waals surface area (Å²) in [4.78, 5) is 4.66. The molecule has 0 saturated carbocycles. The molecule has 2 heterocycles. The summed E-state index contributed by atoms with van der Waals surface area (Å²) in [6.07, 6.45) is -0.637. The molecule has 1 N–H and O–H groups in total. The highest BCUT2D eigenvalue weighted by Gasteiger charge is 2.40. The number of anilines is 1. The van der Waals surface area contributed by atoms with Gasteiger partial charge in [-0.25, -0.2) is 9.67 Å². The van der Waals surface area contributed by atoms with Crippen molar-refractivity contribution in [1.82, 2.24) is 14.8 Å². The third kappa shape index (κ3) is 2.57. The fraction of sp³-hybridized carbons (Fsp3) is 0.125. The second-order valence-corrected chi connectivity index (χ2v) is 7.57. The number of aromatic nitrogens is 3. The highest BCUT2D eigenvalue weighted by atomic mass is 35.6. The molecule has 0 radical (unpaired) electrons. The van der Waals surface area contributed by atoms with Crippen molar-refractivity contribution in [3.05, 3.63) is 54.6 Å². The predicted molar refractivity (Wildman–Crippen MR) is 93.8 cm³/mol. The topological polar surface area (TPSA) is 42.7 Å². The molecule has 0 bridgehead atoms. The molecule has 4 rings (SSSR count). The molecule has 2 aromatic carbocycles. The molecule has 3 aromatic rings. The molecule has 0 spiro atoms. The Morgan fingerprint density at radius 2 is 1.65 bits per heavy atom. The van der Waals surface area contributed by atoms with Crippen LogP contribution in [0.25, 0.3) is 22.8 Å². The number of rotatable bonds is 1. The third-order valence-electron chi connectivity index (χ3n) is 3.68. The van der Waals surface area contributed by atoms with Gasteiger partial charge in [-0.1, -0.05) is 77.3 Å². The van der Waals surface area contributed by atoms with Crippen LogP contribution in [-0.4, -0.2) is 18.6 Å². The van der Waals surface area contributed by atoms with Crippen molar-refractivity contribution in [2.24, 2.45) is 0 Å². The molecule has 23 heavy (non-hydrogen) atoms. The fourth-order valence-electron chi connectivity index (χ4n) is 2.63. The normalized spacial score (nSPS) is 16.4. The van der Waals surface area contributed by atoms with Crippen molar-refractivity contribution >= 4 is 40.5 Å². The minimum absolute atomic E-state index is 0.596. The van der Waals surface area contributed by atoms with Gasteiger partial charge in [0.2, 0.25) is 3.79 Å². The Labute approximate surface area is 148 Å². The van der Waals surface area contributed by atoms with Crippen molar-refractivity contribution in [2.45, 2.75) is 9.96 Å². The van der Waals surface area contributed by atoms with E-state index in [1.54, 1.807) is 4.68 Å². The summed E-state index contributed by atoms with van der Waals surface area (Å²) in [6.45, 7) is 0. The molecule has 1 aliphatic rings. The summed E-state index contributed by atoms with van der Waals surface area (Å²) >= 11 is 18.4. The molecule has 1 aliphatic heterocycles. The standard InChI is InChI=1S/C16H11Cl3N4/c17-16(18,19)15-20-12-9-5-4-8-11(12)14-21-13(22-23(14)15)10-6-2-1-3-7-10/h1-9,15,20H/t15-/m0/s1. The molecule has 0 amide bonds. The van der Waals surface area contributed by atoms with Gasteiger partial charge in [-0.05, 0) is 12.1 Å². The van der Waals surface area contributed by atoms with Crippen molar-refractivity contribution in [3.8, 4) is 22.8 Å².